The van der Waals surface area contributed by atoms with E-state index in [1.807, 2.05) is 5.32 Å². The number of hydrogen-bond donors (Lipinski definition) is 2. The van der Waals surface area contributed by atoms with E-state index in [9.17, 15) is 4.57 Å². The molecule has 0 aromatic heterocycles. The average molecular weight is 220 g/mol. The molecule has 0 fully saturated rings. The summed E-state index contributed by atoms with van der Waals surface area (Å²) in [4.78, 5) is 0. The lowest BCUT2D eigenvalue weighted by atomic mass is 10.9. The number of nitrogens with zero attached hydrogens (tertiary/aromatic N) is 2. The SMILES string of the molecule is CCOP(=O)(N=C(N)NC#N)OCC. The first-order chi connectivity index (χ1) is 6.58. The van der Waals surface area contributed by atoms with Crippen molar-refractivity contribution >= 4 is 13.7 Å². The third-order valence-electron chi connectivity index (χ3n) is 0.999. The van der Waals surface area contributed by atoms with Crippen molar-refractivity contribution < 1.29 is 13.6 Å². The van der Waals surface area contributed by atoms with Crippen LogP contribution in [-0.2, 0) is 13.6 Å². The molecule has 7 nitrogen and oxygen atoms in total. The van der Waals surface area contributed by atoms with Crippen LogP contribution in [0.15, 0.2) is 4.76 Å². The standard InChI is InChI=1S/C6H13N4O3P/c1-3-12-14(11,13-4-2)10-6(8)9-5-7/h3-4H2,1-2H3,(H3,8,9,10,11). The highest BCUT2D eigenvalue weighted by molar-refractivity contribution is 7.52. The Morgan fingerprint density at radius 3 is 2.43 bits per heavy atom. The zero-order valence-corrected chi connectivity index (χ0v) is 8.95. The van der Waals surface area contributed by atoms with Crippen LogP contribution < -0.4 is 11.1 Å². The van der Waals surface area contributed by atoms with Crippen molar-refractivity contribution in [3.63, 3.8) is 0 Å². The molecule has 0 saturated heterocycles. The lowest BCUT2D eigenvalue weighted by Gasteiger charge is -2.11. The summed E-state index contributed by atoms with van der Waals surface area (Å²) in [6.45, 7) is 3.66. The molecule has 80 valence electrons. The molecule has 0 aliphatic carbocycles. The van der Waals surface area contributed by atoms with Crippen molar-refractivity contribution in [2.45, 2.75) is 13.8 Å². The van der Waals surface area contributed by atoms with Crippen molar-refractivity contribution in [3.05, 3.63) is 0 Å². The molecule has 0 aromatic carbocycles. The summed E-state index contributed by atoms with van der Waals surface area (Å²) in [6, 6.07) is 0. The van der Waals surface area contributed by atoms with Gasteiger partial charge in [0.15, 0.2) is 6.19 Å². The number of hydrogen-bond acceptors (Lipinski definition) is 4. The topological polar surface area (TPSA) is 110 Å². The van der Waals surface area contributed by atoms with E-state index in [-0.39, 0.29) is 19.2 Å². The van der Waals surface area contributed by atoms with Gasteiger partial charge in [-0.2, -0.15) is 5.26 Å². The van der Waals surface area contributed by atoms with Crippen molar-refractivity contribution in [3.8, 4) is 6.19 Å². The molecule has 0 aliphatic rings. The van der Waals surface area contributed by atoms with Gasteiger partial charge in [0.1, 0.15) is 0 Å². The maximum Gasteiger partial charge on any atom is 0.457 e. The summed E-state index contributed by atoms with van der Waals surface area (Å²) in [6.07, 6.45) is 1.54. The van der Waals surface area contributed by atoms with E-state index in [0.717, 1.165) is 0 Å². The van der Waals surface area contributed by atoms with Gasteiger partial charge in [0.05, 0.1) is 13.2 Å². The highest BCUT2D eigenvalue weighted by Gasteiger charge is 2.23. The largest absolute Gasteiger partial charge is 0.457 e. The molecular formula is C6H13N4O3P. The quantitative estimate of drug-likeness (QED) is 0.230. The van der Waals surface area contributed by atoms with Crippen LogP contribution in [0, 0.1) is 11.5 Å². The average Bonchev–Trinajstić information content (AvgIpc) is 2.04. The van der Waals surface area contributed by atoms with E-state index in [2.05, 4.69) is 4.76 Å². The van der Waals surface area contributed by atoms with Gasteiger partial charge in [-0.15, -0.1) is 4.76 Å². The molecule has 0 radical (unpaired) electrons. The Kier molecular flexibility index (Phi) is 5.88. The van der Waals surface area contributed by atoms with Crippen LogP contribution in [0.2, 0.25) is 0 Å². The van der Waals surface area contributed by atoms with Gasteiger partial charge in [0.2, 0.25) is 5.96 Å². The van der Waals surface area contributed by atoms with Gasteiger partial charge in [0, 0.05) is 0 Å². The molecular weight excluding hydrogens is 207 g/mol. The molecule has 0 spiro atoms. The molecule has 0 unspecified atom stereocenters. The normalized spacial score (nSPS) is 12.2. The van der Waals surface area contributed by atoms with Crippen molar-refractivity contribution in [2.75, 3.05) is 13.2 Å². The predicted octanol–water partition coefficient (Wildman–Crippen LogP) is 0.553. The Bertz CT molecular complexity index is 275. The number of nitrogens with one attached hydrogen (secondary N) is 1. The fourth-order valence-corrected chi connectivity index (χ4v) is 1.79. The third kappa shape index (κ3) is 4.82. The lowest BCUT2D eigenvalue weighted by Crippen LogP contribution is -2.27. The summed E-state index contributed by atoms with van der Waals surface area (Å²) in [5, 5.41) is 10.2. The van der Waals surface area contributed by atoms with E-state index in [0.29, 0.717) is 0 Å². The van der Waals surface area contributed by atoms with Gasteiger partial charge in [0.25, 0.3) is 0 Å². The van der Waals surface area contributed by atoms with Crippen LogP contribution in [0.5, 0.6) is 0 Å². The second-order valence-electron chi connectivity index (χ2n) is 2.03. The van der Waals surface area contributed by atoms with E-state index >= 15 is 0 Å². The first-order valence-electron chi connectivity index (χ1n) is 3.98. The molecule has 0 rings (SSSR count). The maximum absolute atomic E-state index is 11.6. The van der Waals surface area contributed by atoms with Crippen LogP contribution >= 0.6 is 7.75 Å². The number of guanidine groups is 1. The van der Waals surface area contributed by atoms with Gasteiger partial charge in [-0.1, -0.05) is 0 Å². The van der Waals surface area contributed by atoms with Gasteiger partial charge >= 0.3 is 7.75 Å². The summed E-state index contributed by atoms with van der Waals surface area (Å²) in [5.74, 6) is -0.294. The Hall–Kier alpha value is -1.09. The van der Waals surface area contributed by atoms with Crippen LogP contribution in [0.3, 0.4) is 0 Å². The molecule has 0 amide bonds. The van der Waals surface area contributed by atoms with E-state index in [1.54, 1.807) is 13.8 Å². The fourth-order valence-electron chi connectivity index (χ4n) is 0.636. The number of nitrogens with two attached hydrogens (primary N) is 1. The molecule has 0 heterocycles. The summed E-state index contributed by atoms with van der Waals surface area (Å²) in [5.41, 5.74) is 5.22. The van der Waals surface area contributed by atoms with E-state index in [4.69, 9.17) is 20.0 Å². The Morgan fingerprint density at radius 1 is 1.57 bits per heavy atom. The zero-order valence-electron chi connectivity index (χ0n) is 8.06. The molecule has 0 saturated carbocycles. The minimum Gasteiger partial charge on any atom is -0.369 e. The minimum atomic E-state index is -3.56. The Morgan fingerprint density at radius 2 is 2.07 bits per heavy atom. The number of nitriles is 1. The molecule has 0 aromatic rings. The fraction of sp³-hybridized carbons (Fsp3) is 0.667. The predicted molar refractivity (Wildman–Crippen MR) is 51.2 cm³/mol. The molecule has 3 N–H and O–H groups in total. The maximum atomic E-state index is 11.6. The number of rotatable bonds is 5. The summed E-state index contributed by atoms with van der Waals surface area (Å²) in [7, 11) is -3.56. The molecule has 14 heavy (non-hydrogen) atoms. The van der Waals surface area contributed by atoms with Gasteiger partial charge in [-0.25, -0.2) is 4.57 Å². The first-order valence-corrected chi connectivity index (χ1v) is 5.47. The van der Waals surface area contributed by atoms with Gasteiger partial charge < -0.3 is 5.73 Å². The van der Waals surface area contributed by atoms with Gasteiger partial charge in [-0.05, 0) is 13.8 Å². The van der Waals surface area contributed by atoms with E-state index in [1.165, 1.54) is 6.19 Å². The Balaban J connectivity index is 4.59. The van der Waals surface area contributed by atoms with Crippen LogP contribution in [0.4, 0.5) is 0 Å². The summed E-state index contributed by atoms with van der Waals surface area (Å²) < 4.78 is 24.7. The monoisotopic (exact) mass is 220 g/mol. The molecule has 0 aliphatic heterocycles. The van der Waals surface area contributed by atoms with Crippen molar-refractivity contribution in [1.82, 2.24) is 5.32 Å². The lowest BCUT2D eigenvalue weighted by molar-refractivity contribution is 0.221. The molecule has 0 atom stereocenters. The second-order valence-corrected chi connectivity index (χ2v) is 3.68. The van der Waals surface area contributed by atoms with Gasteiger partial charge in [-0.3, -0.25) is 14.4 Å². The van der Waals surface area contributed by atoms with Crippen LogP contribution in [0.1, 0.15) is 13.8 Å². The summed E-state index contributed by atoms with van der Waals surface area (Å²) >= 11 is 0. The highest BCUT2D eigenvalue weighted by atomic mass is 31.2. The zero-order chi connectivity index (χ0) is 11.0. The Labute approximate surface area is 82.5 Å². The van der Waals surface area contributed by atoms with Crippen LogP contribution in [-0.4, -0.2) is 19.2 Å². The first kappa shape index (κ1) is 12.9. The minimum absolute atomic E-state index is 0.181. The van der Waals surface area contributed by atoms with Crippen LogP contribution in [0.25, 0.3) is 0 Å². The second kappa shape index (κ2) is 6.38. The van der Waals surface area contributed by atoms with Crippen molar-refractivity contribution in [2.24, 2.45) is 10.5 Å². The highest BCUT2D eigenvalue weighted by Crippen LogP contribution is 2.49. The molecule has 0 bridgehead atoms. The van der Waals surface area contributed by atoms with Crippen molar-refractivity contribution in [1.29, 1.82) is 5.26 Å². The smallest absolute Gasteiger partial charge is 0.369 e. The molecule has 8 heteroatoms. The van der Waals surface area contributed by atoms with E-state index < -0.39 is 7.75 Å². The third-order valence-corrected chi connectivity index (χ3v) is 2.63.